The van der Waals surface area contributed by atoms with Crippen molar-refractivity contribution in [3.8, 4) is 0 Å². The van der Waals surface area contributed by atoms with E-state index in [9.17, 15) is 9.90 Å². The molecule has 1 heterocycles. The normalized spacial score (nSPS) is 24.6. The van der Waals surface area contributed by atoms with Crippen LogP contribution in [0.25, 0.3) is 0 Å². The van der Waals surface area contributed by atoms with Gasteiger partial charge in [0.15, 0.2) is 0 Å². The molecule has 1 aliphatic carbocycles. The maximum absolute atomic E-state index is 12.1. The molecule has 100 valence electrons. The summed E-state index contributed by atoms with van der Waals surface area (Å²) in [7, 11) is 0. The monoisotopic (exact) mass is 287 g/mol. The van der Waals surface area contributed by atoms with Crippen LogP contribution in [0.1, 0.15) is 47.3 Å². The van der Waals surface area contributed by atoms with Crippen molar-refractivity contribution in [1.29, 1.82) is 0 Å². The molecule has 0 bridgehead atoms. The number of aliphatic hydroxyl groups excluding tert-OH is 1. The van der Waals surface area contributed by atoms with Crippen LogP contribution in [0.2, 0.25) is 5.02 Å². The topological polar surface area (TPSA) is 49.3 Å². The van der Waals surface area contributed by atoms with Crippen molar-refractivity contribution < 1.29 is 9.90 Å². The predicted octanol–water partition coefficient (Wildman–Crippen LogP) is 3.13. The first-order valence-electron chi connectivity index (χ1n) is 6.32. The first-order valence-corrected chi connectivity index (χ1v) is 7.58. The molecule has 5 heteroatoms. The molecule has 0 radical (unpaired) electrons. The van der Waals surface area contributed by atoms with Crippen molar-refractivity contribution in [3.05, 3.63) is 20.8 Å². The fourth-order valence-electron chi connectivity index (χ4n) is 2.27. The van der Waals surface area contributed by atoms with Crippen LogP contribution in [-0.4, -0.2) is 23.2 Å². The van der Waals surface area contributed by atoms with E-state index in [1.54, 1.807) is 0 Å². The van der Waals surface area contributed by atoms with E-state index in [1.807, 2.05) is 12.3 Å². The number of aliphatic hydroxyl groups is 1. The van der Waals surface area contributed by atoms with Gasteiger partial charge in [0, 0.05) is 0 Å². The Morgan fingerprint density at radius 2 is 2.17 bits per heavy atom. The highest BCUT2D eigenvalue weighted by atomic mass is 35.5. The van der Waals surface area contributed by atoms with Gasteiger partial charge in [0.25, 0.3) is 5.91 Å². The van der Waals surface area contributed by atoms with Gasteiger partial charge < -0.3 is 10.4 Å². The molecule has 18 heavy (non-hydrogen) atoms. The van der Waals surface area contributed by atoms with Crippen LogP contribution in [0, 0.1) is 6.92 Å². The van der Waals surface area contributed by atoms with E-state index in [0.717, 1.165) is 37.7 Å². The molecule has 3 nitrogen and oxygen atoms in total. The molecule has 0 aromatic carbocycles. The lowest BCUT2D eigenvalue weighted by atomic mass is 10.1. The average Bonchev–Trinajstić information content (AvgIpc) is 2.55. The molecule has 1 aromatic heterocycles. The van der Waals surface area contributed by atoms with Crippen molar-refractivity contribution >= 4 is 28.8 Å². The minimum atomic E-state index is -0.434. The third-order valence-electron chi connectivity index (χ3n) is 3.40. The Hall–Kier alpha value is -0.580. The Bertz CT molecular complexity index is 433. The van der Waals surface area contributed by atoms with Gasteiger partial charge in [-0.15, -0.1) is 11.3 Å². The molecule has 2 rings (SSSR count). The highest BCUT2D eigenvalue weighted by Crippen LogP contribution is 2.27. The highest BCUT2D eigenvalue weighted by Gasteiger charge is 2.25. The Kier molecular flexibility index (Phi) is 4.65. The summed E-state index contributed by atoms with van der Waals surface area (Å²) in [4.78, 5) is 12.7. The summed E-state index contributed by atoms with van der Waals surface area (Å²) in [5, 5.41) is 15.3. The fraction of sp³-hybridized carbons (Fsp3) is 0.615. The zero-order valence-corrected chi connectivity index (χ0v) is 12.0. The van der Waals surface area contributed by atoms with E-state index >= 15 is 0 Å². The third kappa shape index (κ3) is 3.05. The Labute approximate surface area is 116 Å². The zero-order valence-electron chi connectivity index (χ0n) is 10.4. The Morgan fingerprint density at radius 3 is 2.83 bits per heavy atom. The number of carbonyl (C=O) groups is 1. The summed E-state index contributed by atoms with van der Waals surface area (Å²) in [6.45, 7) is 1.89. The zero-order chi connectivity index (χ0) is 13.1. The second kappa shape index (κ2) is 6.04. The van der Waals surface area contributed by atoms with Crippen molar-refractivity contribution in [2.75, 3.05) is 0 Å². The van der Waals surface area contributed by atoms with Gasteiger partial charge in [0.1, 0.15) is 4.88 Å². The van der Waals surface area contributed by atoms with E-state index in [0.29, 0.717) is 9.90 Å². The van der Waals surface area contributed by atoms with Gasteiger partial charge in [-0.05, 0) is 30.7 Å². The number of amides is 1. The lowest BCUT2D eigenvalue weighted by Gasteiger charge is -2.21. The molecule has 1 saturated carbocycles. The van der Waals surface area contributed by atoms with Crippen molar-refractivity contribution in [1.82, 2.24) is 5.32 Å². The van der Waals surface area contributed by atoms with Gasteiger partial charge in [-0.1, -0.05) is 30.9 Å². The minimum absolute atomic E-state index is 0.140. The summed E-state index contributed by atoms with van der Waals surface area (Å²) < 4.78 is 0. The number of hydrogen-bond donors (Lipinski definition) is 2. The maximum Gasteiger partial charge on any atom is 0.263 e. The molecular weight excluding hydrogens is 270 g/mol. The number of carbonyl (C=O) groups excluding carboxylic acids is 1. The van der Waals surface area contributed by atoms with E-state index in [1.165, 1.54) is 11.3 Å². The van der Waals surface area contributed by atoms with Crippen LogP contribution in [0.15, 0.2) is 5.38 Å². The Balaban J connectivity index is 2.04. The van der Waals surface area contributed by atoms with E-state index in [4.69, 9.17) is 11.6 Å². The molecule has 0 aliphatic heterocycles. The van der Waals surface area contributed by atoms with Gasteiger partial charge in [-0.3, -0.25) is 4.79 Å². The largest absolute Gasteiger partial charge is 0.391 e. The molecule has 1 aliphatic rings. The summed E-state index contributed by atoms with van der Waals surface area (Å²) in [5.41, 5.74) is 0.924. The lowest BCUT2D eigenvalue weighted by Crippen LogP contribution is -2.42. The molecule has 1 amide bonds. The van der Waals surface area contributed by atoms with Gasteiger partial charge in [0.05, 0.1) is 17.2 Å². The second-order valence-electron chi connectivity index (χ2n) is 4.85. The summed E-state index contributed by atoms with van der Waals surface area (Å²) >= 11 is 7.43. The van der Waals surface area contributed by atoms with Crippen LogP contribution in [0.4, 0.5) is 0 Å². The first-order chi connectivity index (χ1) is 8.59. The summed E-state index contributed by atoms with van der Waals surface area (Å²) in [6.07, 6.45) is 4.39. The van der Waals surface area contributed by atoms with Crippen LogP contribution in [0.3, 0.4) is 0 Å². The molecule has 2 unspecified atom stereocenters. The quantitative estimate of drug-likeness (QED) is 0.821. The second-order valence-corrected chi connectivity index (χ2v) is 6.10. The number of thiophene rings is 1. The van der Waals surface area contributed by atoms with E-state index in [2.05, 4.69) is 5.32 Å². The first kappa shape index (κ1) is 13.8. The maximum atomic E-state index is 12.1. The van der Waals surface area contributed by atoms with Crippen molar-refractivity contribution in [2.45, 2.75) is 51.2 Å². The van der Waals surface area contributed by atoms with Crippen LogP contribution >= 0.6 is 22.9 Å². The molecular formula is C13H18ClNO2S. The van der Waals surface area contributed by atoms with Crippen LogP contribution in [0.5, 0.6) is 0 Å². The van der Waals surface area contributed by atoms with E-state index < -0.39 is 6.10 Å². The number of halogens is 1. The van der Waals surface area contributed by atoms with Crippen LogP contribution in [-0.2, 0) is 0 Å². The number of aryl methyl sites for hydroxylation is 1. The van der Waals surface area contributed by atoms with Gasteiger partial charge in [0.2, 0.25) is 0 Å². The van der Waals surface area contributed by atoms with Crippen molar-refractivity contribution in [3.63, 3.8) is 0 Å². The molecule has 0 saturated heterocycles. The third-order valence-corrected chi connectivity index (χ3v) is 5.10. The summed E-state index contributed by atoms with van der Waals surface area (Å²) in [6, 6.07) is -0.140. The average molecular weight is 288 g/mol. The highest BCUT2D eigenvalue weighted by molar-refractivity contribution is 7.13. The molecule has 2 atom stereocenters. The van der Waals surface area contributed by atoms with Crippen LogP contribution < -0.4 is 5.32 Å². The SMILES string of the molecule is Cc1csc(C(=O)NC2CCCCCC2O)c1Cl. The van der Waals surface area contributed by atoms with Gasteiger partial charge >= 0.3 is 0 Å². The molecule has 1 aromatic rings. The number of nitrogens with one attached hydrogen (secondary N) is 1. The molecule has 0 spiro atoms. The van der Waals surface area contributed by atoms with Gasteiger partial charge in [-0.25, -0.2) is 0 Å². The minimum Gasteiger partial charge on any atom is -0.391 e. The van der Waals surface area contributed by atoms with E-state index in [-0.39, 0.29) is 11.9 Å². The number of hydrogen-bond acceptors (Lipinski definition) is 3. The van der Waals surface area contributed by atoms with Gasteiger partial charge in [-0.2, -0.15) is 0 Å². The predicted molar refractivity (Wildman–Crippen MR) is 74.4 cm³/mol. The molecule has 1 fully saturated rings. The Morgan fingerprint density at radius 1 is 1.44 bits per heavy atom. The van der Waals surface area contributed by atoms with Crippen molar-refractivity contribution in [2.24, 2.45) is 0 Å². The standard InChI is InChI=1S/C13H18ClNO2S/c1-8-7-18-12(11(8)14)13(17)15-9-5-3-2-4-6-10(9)16/h7,9-10,16H,2-6H2,1H3,(H,15,17). The smallest absolute Gasteiger partial charge is 0.263 e. The molecule has 2 N–H and O–H groups in total. The summed E-state index contributed by atoms with van der Waals surface area (Å²) in [5.74, 6) is -0.163. The number of rotatable bonds is 2. The fourth-order valence-corrected chi connectivity index (χ4v) is 3.46. The lowest BCUT2D eigenvalue weighted by molar-refractivity contribution is 0.0822.